The van der Waals surface area contributed by atoms with E-state index in [2.05, 4.69) is 10.2 Å². The van der Waals surface area contributed by atoms with Gasteiger partial charge in [0.05, 0.1) is 22.6 Å². The van der Waals surface area contributed by atoms with Gasteiger partial charge in [-0.25, -0.2) is 4.98 Å². The highest BCUT2D eigenvalue weighted by Crippen LogP contribution is 2.34. The normalized spacial score (nSPS) is 16.5. The van der Waals surface area contributed by atoms with Crippen LogP contribution in [0.25, 0.3) is 10.2 Å². The molecule has 0 atom stereocenters. The summed E-state index contributed by atoms with van der Waals surface area (Å²) in [5.41, 5.74) is 1.61. The van der Waals surface area contributed by atoms with E-state index in [4.69, 9.17) is 16.6 Å². The molecule has 1 saturated heterocycles. The summed E-state index contributed by atoms with van der Waals surface area (Å²) in [4.78, 5) is 35.8. The van der Waals surface area contributed by atoms with Crippen LogP contribution < -0.4 is 10.9 Å². The molecule has 0 spiro atoms. The van der Waals surface area contributed by atoms with Crippen molar-refractivity contribution < 1.29 is 4.79 Å². The fraction of sp³-hybridized carbons (Fsp3) is 0.435. The van der Waals surface area contributed by atoms with Crippen molar-refractivity contribution in [2.45, 2.75) is 51.6 Å². The Labute approximate surface area is 189 Å². The van der Waals surface area contributed by atoms with E-state index in [1.165, 1.54) is 4.88 Å². The first kappa shape index (κ1) is 20.7. The third-order valence-corrected chi connectivity index (χ3v) is 7.68. The Hall–Kier alpha value is -2.22. The number of fused-ring (bicyclic) bond motifs is 3. The molecule has 6 nitrogen and oxygen atoms in total. The van der Waals surface area contributed by atoms with Gasteiger partial charge in [0.25, 0.3) is 5.56 Å². The summed E-state index contributed by atoms with van der Waals surface area (Å²) < 4.78 is 1.58. The summed E-state index contributed by atoms with van der Waals surface area (Å²) in [6.07, 6.45) is 6.52. The maximum atomic E-state index is 13.6. The van der Waals surface area contributed by atoms with Gasteiger partial charge < -0.3 is 5.32 Å². The fourth-order valence-corrected chi connectivity index (χ4v) is 6.05. The zero-order valence-electron chi connectivity index (χ0n) is 17.3. The second-order valence-corrected chi connectivity index (χ2v) is 9.81. The van der Waals surface area contributed by atoms with Crippen molar-refractivity contribution in [1.82, 2.24) is 14.5 Å². The number of carbonyl (C=O) groups is 1. The van der Waals surface area contributed by atoms with Gasteiger partial charge in [-0.3, -0.25) is 19.1 Å². The molecule has 1 amide bonds. The molecule has 0 unspecified atom stereocenters. The van der Waals surface area contributed by atoms with E-state index in [9.17, 15) is 9.59 Å². The van der Waals surface area contributed by atoms with Crippen LogP contribution in [0.4, 0.5) is 5.69 Å². The number of nitrogens with zero attached hydrogens (tertiary/aromatic N) is 3. The molecule has 2 aliphatic rings. The molecule has 1 fully saturated rings. The van der Waals surface area contributed by atoms with Crippen LogP contribution in [-0.4, -0.2) is 33.4 Å². The number of hydrogen-bond acceptors (Lipinski definition) is 5. The molecule has 162 valence electrons. The van der Waals surface area contributed by atoms with Gasteiger partial charge in [-0.15, -0.1) is 11.3 Å². The highest BCUT2D eigenvalue weighted by atomic mass is 35.5. The maximum Gasteiger partial charge on any atom is 0.263 e. The second kappa shape index (κ2) is 8.73. The quantitative estimate of drug-likeness (QED) is 0.624. The van der Waals surface area contributed by atoms with E-state index >= 15 is 0 Å². The number of carbonyl (C=O) groups excluding carboxylic acids is 1. The van der Waals surface area contributed by atoms with Crippen LogP contribution in [0.15, 0.2) is 29.1 Å². The lowest BCUT2D eigenvalue weighted by Crippen LogP contribution is -2.34. The van der Waals surface area contributed by atoms with Crippen LogP contribution in [-0.2, 0) is 30.7 Å². The van der Waals surface area contributed by atoms with Crippen LogP contribution in [0, 0.1) is 0 Å². The van der Waals surface area contributed by atoms with Gasteiger partial charge in [0.2, 0.25) is 5.91 Å². The molecule has 3 heterocycles. The Morgan fingerprint density at radius 2 is 1.90 bits per heavy atom. The molecular formula is C23H25ClN4O2S. The van der Waals surface area contributed by atoms with Crippen molar-refractivity contribution in [3.8, 4) is 0 Å². The summed E-state index contributed by atoms with van der Waals surface area (Å²) in [7, 11) is 0. The molecule has 0 bridgehead atoms. The van der Waals surface area contributed by atoms with Crippen LogP contribution in [0.1, 0.15) is 41.9 Å². The third-order valence-electron chi connectivity index (χ3n) is 6.17. The van der Waals surface area contributed by atoms with Gasteiger partial charge in [-0.1, -0.05) is 23.7 Å². The molecule has 1 N–H and O–H groups in total. The van der Waals surface area contributed by atoms with Crippen molar-refractivity contribution >= 4 is 44.7 Å². The summed E-state index contributed by atoms with van der Waals surface area (Å²) in [6, 6.07) is 7.12. The fourth-order valence-electron chi connectivity index (χ4n) is 4.60. The summed E-state index contributed by atoms with van der Waals surface area (Å²) in [5, 5.41) is 4.03. The Morgan fingerprint density at radius 1 is 1.13 bits per heavy atom. The average Bonchev–Trinajstić information content (AvgIpc) is 3.40. The van der Waals surface area contributed by atoms with Crippen molar-refractivity contribution in [2.75, 3.05) is 18.4 Å². The lowest BCUT2D eigenvalue weighted by Gasteiger charge is -2.18. The molecule has 2 aromatic heterocycles. The molecule has 1 aromatic carbocycles. The topological polar surface area (TPSA) is 67.2 Å². The van der Waals surface area contributed by atoms with Crippen LogP contribution >= 0.6 is 22.9 Å². The number of likely N-dealkylation sites (tertiary alicyclic amines) is 1. The number of para-hydroxylation sites is 1. The molecular weight excluding hydrogens is 432 g/mol. The maximum absolute atomic E-state index is 13.6. The Bertz CT molecular complexity index is 1200. The number of aryl methyl sites for hydroxylation is 2. The summed E-state index contributed by atoms with van der Waals surface area (Å²) >= 11 is 7.85. The first-order valence-corrected chi connectivity index (χ1v) is 12.1. The van der Waals surface area contributed by atoms with Crippen molar-refractivity contribution in [3.05, 3.63) is 55.9 Å². The number of anilines is 1. The number of aromatic nitrogens is 2. The van der Waals surface area contributed by atoms with Gasteiger partial charge in [0.1, 0.15) is 17.2 Å². The number of halogens is 1. The Balaban J connectivity index is 1.53. The first-order valence-electron chi connectivity index (χ1n) is 10.9. The largest absolute Gasteiger partial charge is 0.323 e. The zero-order chi connectivity index (χ0) is 21.4. The number of amides is 1. The average molecular weight is 457 g/mol. The van der Waals surface area contributed by atoms with Crippen LogP contribution in [0.2, 0.25) is 5.02 Å². The van der Waals surface area contributed by atoms with E-state index < -0.39 is 0 Å². The van der Waals surface area contributed by atoms with Gasteiger partial charge in [-0.2, -0.15) is 0 Å². The summed E-state index contributed by atoms with van der Waals surface area (Å²) in [5.74, 6) is 0.399. The van der Waals surface area contributed by atoms with Crippen molar-refractivity contribution in [1.29, 1.82) is 0 Å². The van der Waals surface area contributed by atoms with E-state index in [-0.39, 0.29) is 18.0 Å². The number of rotatable bonds is 5. The molecule has 5 rings (SSSR count). The number of nitrogens with one attached hydrogen (secondary N) is 1. The summed E-state index contributed by atoms with van der Waals surface area (Å²) in [6.45, 7) is 2.52. The monoisotopic (exact) mass is 456 g/mol. The predicted octanol–water partition coefficient (Wildman–Crippen LogP) is 4.22. The lowest BCUT2D eigenvalue weighted by molar-refractivity contribution is -0.116. The van der Waals surface area contributed by atoms with E-state index in [1.807, 2.05) is 12.1 Å². The van der Waals surface area contributed by atoms with Gasteiger partial charge >= 0.3 is 0 Å². The highest BCUT2D eigenvalue weighted by molar-refractivity contribution is 7.18. The zero-order valence-corrected chi connectivity index (χ0v) is 18.9. The van der Waals surface area contributed by atoms with E-state index in [0.717, 1.165) is 67.4 Å². The molecule has 1 aliphatic carbocycles. The van der Waals surface area contributed by atoms with Crippen LogP contribution in [0.5, 0.6) is 0 Å². The molecule has 1 aliphatic heterocycles. The number of hydrogen-bond donors (Lipinski definition) is 1. The first-order chi connectivity index (χ1) is 15.1. The standard InChI is InChI=1S/C23H25ClN4O2S/c24-16-8-2-3-9-17(16)25-20(29)14-28-19(13-27-11-5-6-12-27)26-22-21(23(28)30)15-7-1-4-10-18(15)31-22/h2-3,8-9H,1,4-7,10-14H2,(H,25,29). The van der Waals surface area contributed by atoms with Crippen molar-refractivity contribution in [2.24, 2.45) is 0 Å². The van der Waals surface area contributed by atoms with Gasteiger partial charge in [-0.05, 0) is 69.3 Å². The predicted molar refractivity (Wildman–Crippen MR) is 125 cm³/mol. The minimum Gasteiger partial charge on any atom is -0.323 e. The van der Waals surface area contributed by atoms with E-state index in [1.54, 1.807) is 28.0 Å². The molecule has 8 heteroatoms. The van der Waals surface area contributed by atoms with E-state index in [0.29, 0.717) is 23.1 Å². The molecule has 0 radical (unpaired) electrons. The Kier molecular flexibility index (Phi) is 5.82. The number of thiophene rings is 1. The number of benzene rings is 1. The minimum absolute atomic E-state index is 0.0687. The van der Waals surface area contributed by atoms with Gasteiger partial charge in [0.15, 0.2) is 0 Å². The lowest BCUT2D eigenvalue weighted by atomic mass is 9.97. The molecule has 3 aromatic rings. The minimum atomic E-state index is -0.275. The van der Waals surface area contributed by atoms with Crippen molar-refractivity contribution in [3.63, 3.8) is 0 Å². The SMILES string of the molecule is O=C(Cn1c(CN2CCCC2)nc2sc3c(c2c1=O)CCCC3)Nc1ccccc1Cl. The molecule has 0 saturated carbocycles. The smallest absolute Gasteiger partial charge is 0.263 e. The highest BCUT2D eigenvalue weighted by Gasteiger charge is 2.24. The molecule has 31 heavy (non-hydrogen) atoms. The Morgan fingerprint density at radius 3 is 2.71 bits per heavy atom. The van der Waals surface area contributed by atoms with Crippen LogP contribution in [0.3, 0.4) is 0 Å². The third kappa shape index (κ3) is 4.14. The van der Waals surface area contributed by atoms with Gasteiger partial charge in [0, 0.05) is 4.88 Å². The second-order valence-electron chi connectivity index (χ2n) is 8.32.